The Morgan fingerprint density at radius 2 is 2.30 bits per heavy atom. The van der Waals surface area contributed by atoms with Gasteiger partial charge in [0.05, 0.1) is 0 Å². The normalized spacial score (nSPS) is 16.2. The fraction of sp³-hybridized carbons (Fsp3) is 0.350. The Balaban J connectivity index is 1.91. The lowest BCUT2D eigenvalue weighted by Crippen LogP contribution is -2.41. The summed E-state index contributed by atoms with van der Waals surface area (Å²) in [6, 6.07) is 5.87. The number of nitrogens with one attached hydrogen (secondary N) is 2. The van der Waals surface area contributed by atoms with Crippen LogP contribution in [-0.4, -0.2) is 53.5 Å². The molecule has 3 rings (SSSR count). The molecule has 7 heteroatoms. The van der Waals surface area contributed by atoms with Gasteiger partial charge in [-0.25, -0.2) is 4.98 Å². The van der Waals surface area contributed by atoms with Crippen molar-refractivity contribution in [1.82, 2.24) is 14.9 Å². The molecule has 142 valence electrons. The zero-order chi connectivity index (χ0) is 19.4. The van der Waals surface area contributed by atoms with Crippen molar-refractivity contribution < 1.29 is 4.79 Å². The zero-order valence-electron chi connectivity index (χ0n) is 15.7. The molecule has 0 aromatic carbocycles. The number of aromatic amines is 1. The van der Waals surface area contributed by atoms with Crippen molar-refractivity contribution >= 4 is 17.4 Å². The molecule has 0 bridgehead atoms. The molecule has 2 N–H and O–H groups in total. The van der Waals surface area contributed by atoms with Gasteiger partial charge in [-0.2, -0.15) is 0 Å². The molecule has 0 radical (unpaired) electrons. The lowest BCUT2D eigenvalue weighted by Gasteiger charge is -2.29. The van der Waals surface area contributed by atoms with E-state index in [9.17, 15) is 9.59 Å². The summed E-state index contributed by atoms with van der Waals surface area (Å²) < 4.78 is 0. The summed E-state index contributed by atoms with van der Waals surface area (Å²) >= 11 is 0. The van der Waals surface area contributed by atoms with Crippen molar-refractivity contribution in [3.05, 3.63) is 53.6 Å². The van der Waals surface area contributed by atoms with E-state index < -0.39 is 0 Å². The largest absolute Gasteiger partial charge is 0.373 e. The monoisotopic (exact) mass is 367 g/mol. The van der Waals surface area contributed by atoms with Gasteiger partial charge in [0.2, 0.25) is 5.91 Å². The van der Waals surface area contributed by atoms with Gasteiger partial charge in [0, 0.05) is 50.7 Å². The molecule has 0 aliphatic carbocycles. The predicted molar refractivity (Wildman–Crippen MR) is 108 cm³/mol. The molecule has 1 unspecified atom stereocenters. The first-order valence-corrected chi connectivity index (χ1v) is 9.12. The second-order valence-corrected chi connectivity index (χ2v) is 6.50. The molecule has 7 nitrogen and oxygen atoms in total. The van der Waals surface area contributed by atoms with Crippen LogP contribution in [0.5, 0.6) is 0 Å². The summed E-state index contributed by atoms with van der Waals surface area (Å²) in [5.74, 6) is 0.703. The molecule has 1 atom stereocenters. The number of carbonyl (C=O) groups is 1. The molecule has 1 saturated heterocycles. The van der Waals surface area contributed by atoms with Crippen LogP contribution in [0, 0.1) is 0 Å². The third-order valence-corrected chi connectivity index (χ3v) is 4.97. The number of hydrogen-bond donors (Lipinski definition) is 2. The van der Waals surface area contributed by atoms with Crippen LogP contribution in [0.3, 0.4) is 0 Å². The Hall–Kier alpha value is -3.09. The number of rotatable bonds is 6. The minimum atomic E-state index is -0.128. The second-order valence-electron chi connectivity index (χ2n) is 6.50. The average molecular weight is 367 g/mol. The highest BCUT2D eigenvalue weighted by atomic mass is 16.2. The van der Waals surface area contributed by atoms with Crippen LogP contribution in [0.2, 0.25) is 0 Å². The van der Waals surface area contributed by atoms with Crippen LogP contribution in [0.4, 0.5) is 11.5 Å². The van der Waals surface area contributed by atoms with Gasteiger partial charge in [-0.05, 0) is 43.2 Å². The summed E-state index contributed by atoms with van der Waals surface area (Å²) in [7, 11) is 1.82. The Morgan fingerprint density at radius 1 is 1.48 bits per heavy atom. The smallest absolute Gasteiger partial charge is 0.271 e. The quantitative estimate of drug-likeness (QED) is 0.764. The highest BCUT2D eigenvalue weighted by Gasteiger charge is 2.30. The Kier molecular flexibility index (Phi) is 5.59. The van der Waals surface area contributed by atoms with Gasteiger partial charge in [0.25, 0.3) is 5.56 Å². The Labute approximate surface area is 158 Å². The van der Waals surface area contributed by atoms with Gasteiger partial charge < -0.3 is 20.1 Å². The number of likely N-dealkylation sites (tertiary alicyclic amines) is 1. The van der Waals surface area contributed by atoms with Crippen LogP contribution in [0.1, 0.15) is 13.3 Å². The zero-order valence-corrected chi connectivity index (χ0v) is 15.7. The number of aromatic nitrogens is 2. The Morgan fingerprint density at radius 3 is 3.00 bits per heavy atom. The maximum atomic E-state index is 12.5. The van der Waals surface area contributed by atoms with E-state index in [2.05, 4.69) is 26.8 Å². The first-order chi connectivity index (χ1) is 13.1. The van der Waals surface area contributed by atoms with Crippen molar-refractivity contribution in [3.8, 4) is 11.1 Å². The van der Waals surface area contributed by atoms with Crippen LogP contribution in [-0.2, 0) is 4.79 Å². The SMILES string of the molecule is C=CC(=O)N1CCC(N(CC)c2cc(-c3ccnc(NC)c3)c[nH]c2=O)C1. The van der Waals surface area contributed by atoms with E-state index in [1.807, 2.05) is 32.2 Å². The summed E-state index contributed by atoms with van der Waals surface area (Å²) in [4.78, 5) is 35.4. The summed E-state index contributed by atoms with van der Waals surface area (Å²) in [6.07, 6.45) is 5.63. The number of pyridine rings is 2. The van der Waals surface area contributed by atoms with Crippen LogP contribution >= 0.6 is 0 Å². The van der Waals surface area contributed by atoms with Crippen molar-refractivity contribution in [2.75, 3.05) is 36.9 Å². The van der Waals surface area contributed by atoms with Gasteiger partial charge >= 0.3 is 0 Å². The molecule has 0 saturated carbocycles. The second kappa shape index (κ2) is 8.07. The molecule has 2 aromatic heterocycles. The number of nitrogens with zero attached hydrogens (tertiary/aromatic N) is 3. The lowest BCUT2D eigenvalue weighted by atomic mass is 10.1. The number of H-pyrrole nitrogens is 1. The predicted octanol–water partition coefficient (Wildman–Crippen LogP) is 2.09. The van der Waals surface area contributed by atoms with E-state index in [0.717, 1.165) is 23.4 Å². The molecule has 3 heterocycles. The fourth-order valence-corrected chi connectivity index (χ4v) is 3.55. The molecule has 27 heavy (non-hydrogen) atoms. The van der Waals surface area contributed by atoms with E-state index in [1.165, 1.54) is 6.08 Å². The summed E-state index contributed by atoms with van der Waals surface area (Å²) in [5.41, 5.74) is 2.38. The number of anilines is 2. The minimum absolute atomic E-state index is 0.0624. The van der Waals surface area contributed by atoms with Crippen LogP contribution in [0.25, 0.3) is 11.1 Å². The maximum Gasteiger partial charge on any atom is 0.271 e. The maximum absolute atomic E-state index is 12.5. The van der Waals surface area contributed by atoms with Crippen LogP contribution in [0.15, 0.2) is 48.0 Å². The van der Waals surface area contributed by atoms with Crippen molar-refractivity contribution in [2.24, 2.45) is 0 Å². The summed E-state index contributed by atoms with van der Waals surface area (Å²) in [6.45, 7) is 7.54. The van der Waals surface area contributed by atoms with E-state index >= 15 is 0 Å². The van der Waals surface area contributed by atoms with Crippen molar-refractivity contribution in [3.63, 3.8) is 0 Å². The first-order valence-electron chi connectivity index (χ1n) is 9.12. The van der Waals surface area contributed by atoms with Gasteiger partial charge in [-0.1, -0.05) is 6.58 Å². The number of carbonyl (C=O) groups excluding carboxylic acids is 1. The third kappa shape index (κ3) is 3.86. The number of hydrogen-bond acceptors (Lipinski definition) is 5. The van der Waals surface area contributed by atoms with E-state index in [-0.39, 0.29) is 17.5 Å². The van der Waals surface area contributed by atoms with E-state index in [0.29, 0.717) is 25.3 Å². The molecule has 2 aromatic rings. The van der Waals surface area contributed by atoms with Crippen molar-refractivity contribution in [2.45, 2.75) is 19.4 Å². The molecular weight excluding hydrogens is 342 g/mol. The first kappa shape index (κ1) is 18.7. The summed E-state index contributed by atoms with van der Waals surface area (Å²) in [5, 5.41) is 3.02. The van der Waals surface area contributed by atoms with Crippen LogP contribution < -0.4 is 15.8 Å². The molecule has 1 aliphatic heterocycles. The van der Waals surface area contributed by atoms with E-state index in [1.54, 1.807) is 17.3 Å². The van der Waals surface area contributed by atoms with Gasteiger partial charge in [-0.3, -0.25) is 9.59 Å². The number of amides is 1. The molecule has 0 spiro atoms. The lowest BCUT2D eigenvalue weighted by molar-refractivity contribution is -0.125. The molecule has 1 fully saturated rings. The molecule has 1 aliphatic rings. The fourth-order valence-electron chi connectivity index (χ4n) is 3.55. The number of likely N-dealkylation sites (N-methyl/N-ethyl adjacent to an activating group) is 1. The standard InChI is InChI=1S/C20H25N5O2/c1-4-19(26)24-9-7-16(13-24)25(5-2)17-10-15(12-23-20(17)27)14-6-8-22-18(11-14)21-3/h4,6,8,10-12,16H,1,5,7,9,13H2,2-3H3,(H,21,22)(H,23,27). The highest BCUT2D eigenvalue weighted by Crippen LogP contribution is 2.26. The highest BCUT2D eigenvalue weighted by molar-refractivity contribution is 5.87. The third-order valence-electron chi connectivity index (χ3n) is 4.97. The molecule has 1 amide bonds. The average Bonchev–Trinajstić information content (AvgIpc) is 3.19. The minimum Gasteiger partial charge on any atom is -0.373 e. The van der Waals surface area contributed by atoms with Gasteiger partial charge in [0.15, 0.2) is 0 Å². The van der Waals surface area contributed by atoms with E-state index in [4.69, 9.17) is 0 Å². The van der Waals surface area contributed by atoms with Crippen molar-refractivity contribution in [1.29, 1.82) is 0 Å². The molecular formula is C20H25N5O2. The Bertz CT molecular complexity index is 892. The van der Waals surface area contributed by atoms with Gasteiger partial charge in [0.1, 0.15) is 11.5 Å². The topological polar surface area (TPSA) is 81.3 Å². The van der Waals surface area contributed by atoms with Gasteiger partial charge in [-0.15, -0.1) is 0 Å².